The van der Waals surface area contributed by atoms with Crippen LogP contribution in [0.3, 0.4) is 0 Å². The van der Waals surface area contributed by atoms with Gasteiger partial charge in [-0.25, -0.2) is 9.18 Å². The molecule has 0 saturated carbocycles. The molecule has 0 bridgehead atoms. The number of rotatable bonds is 7. The first kappa shape index (κ1) is 15.2. The minimum atomic E-state index is -1.05. The van der Waals surface area contributed by atoms with Crippen LogP contribution in [0.2, 0.25) is 0 Å². The first-order chi connectivity index (χ1) is 9.02. The molecule has 0 saturated heterocycles. The van der Waals surface area contributed by atoms with Crippen LogP contribution in [0.1, 0.15) is 18.9 Å². The first-order valence-corrected chi connectivity index (χ1v) is 6.08. The van der Waals surface area contributed by atoms with Crippen LogP contribution in [0.4, 0.5) is 9.18 Å². The highest BCUT2D eigenvalue weighted by Gasteiger charge is 2.08. The van der Waals surface area contributed by atoms with Crippen LogP contribution in [0.15, 0.2) is 18.2 Å². The zero-order valence-electron chi connectivity index (χ0n) is 11.1. The van der Waals surface area contributed by atoms with Gasteiger partial charge in [0.25, 0.3) is 0 Å². The molecule has 0 aliphatic rings. The molecule has 6 heteroatoms. The van der Waals surface area contributed by atoms with Crippen molar-refractivity contribution in [3.8, 4) is 5.75 Å². The van der Waals surface area contributed by atoms with Gasteiger partial charge in [0.05, 0.1) is 6.61 Å². The molecule has 0 fully saturated rings. The second-order valence-electron chi connectivity index (χ2n) is 4.27. The average Bonchev–Trinajstić information content (AvgIpc) is 2.31. The maximum atomic E-state index is 13.1. The first-order valence-electron chi connectivity index (χ1n) is 6.08. The van der Waals surface area contributed by atoms with Crippen molar-refractivity contribution in [1.29, 1.82) is 0 Å². The van der Waals surface area contributed by atoms with Gasteiger partial charge in [-0.15, -0.1) is 0 Å². The Balaban J connectivity index is 2.50. The van der Waals surface area contributed by atoms with E-state index in [1.54, 1.807) is 20.0 Å². The summed E-state index contributed by atoms with van der Waals surface area (Å²) in [6, 6.07) is 4.15. The normalized spacial score (nSPS) is 11.9. The van der Waals surface area contributed by atoms with Crippen molar-refractivity contribution in [2.75, 3.05) is 13.7 Å². The summed E-state index contributed by atoms with van der Waals surface area (Å²) in [6.45, 7) is 2.64. The third kappa shape index (κ3) is 5.56. The highest BCUT2D eigenvalue weighted by Crippen LogP contribution is 2.19. The van der Waals surface area contributed by atoms with Crippen LogP contribution < -0.4 is 15.4 Å². The maximum Gasteiger partial charge on any atom is 0.404 e. The molecular weight excluding hydrogens is 251 g/mol. The number of nitrogens with one attached hydrogen (secondary N) is 2. The molecular formula is C13H19FN2O3. The number of benzene rings is 1. The Morgan fingerprint density at radius 2 is 2.26 bits per heavy atom. The lowest BCUT2D eigenvalue weighted by molar-refractivity contribution is 0.188. The Hall–Kier alpha value is -1.82. The van der Waals surface area contributed by atoms with Crippen LogP contribution in [0.5, 0.6) is 5.75 Å². The van der Waals surface area contributed by atoms with E-state index in [1.807, 2.05) is 0 Å². The molecule has 5 nitrogen and oxygen atoms in total. The largest absolute Gasteiger partial charge is 0.493 e. The van der Waals surface area contributed by atoms with Gasteiger partial charge in [0.1, 0.15) is 11.6 Å². The average molecular weight is 270 g/mol. The topological polar surface area (TPSA) is 70.6 Å². The molecule has 0 aliphatic carbocycles. The highest BCUT2D eigenvalue weighted by molar-refractivity contribution is 5.64. The summed E-state index contributed by atoms with van der Waals surface area (Å²) >= 11 is 0. The van der Waals surface area contributed by atoms with Crippen molar-refractivity contribution in [1.82, 2.24) is 10.6 Å². The maximum absolute atomic E-state index is 13.1. The molecule has 1 rings (SSSR count). The van der Waals surface area contributed by atoms with Gasteiger partial charge in [0, 0.05) is 24.6 Å². The van der Waals surface area contributed by atoms with Gasteiger partial charge in [-0.2, -0.15) is 0 Å². The summed E-state index contributed by atoms with van der Waals surface area (Å²) in [5.41, 5.74) is 0.737. The molecule has 1 amide bonds. The van der Waals surface area contributed by atoms with Crippen molar-refractivity contribution in [2.24, 2.45) is 0 Å². The van der Waals surface area contributed by atoms with Gasteiger partial charge >= 0.3 is 6.09 Å². The second-order valence-corrected chi connectivity index (χ2v) is 4.27. The Bertz CT molecular complexity index is 426. The summed E-state index contributed by atoms with van der Waals surface area (Å²) in [5.74, 6) is 0.303. The van der Waals surface area contributed by atoms with E-state index >= 15 is 0 Å². The van der Waals surface area contributed by atoms with Gasteiger partial charge in [-0.1, -0.05) is 0 Å². The molecule has 1 aromatic carbocycles. The monoisotopic (exact) mass is 270 g/mol. The molecule has 0 radical (unpaired) electrons. The van der Waals surface area contributed by atoms with Crippen molar-refractivity contribution >= 4 is 6.09 Å². The Labute approximate surface area is 111 Å². The zero-order chi connectivity index (χ0) is 14.3. The molecule has 1 unspecified atom stereocenters. The molecule has 0 aromatic heterocycles. The third-order valence-corrected chi connectivity index (χ3v) is 2.57. The summed E-state index contributed by atoms with van der Waals surface area (Å²) in [7, 11) is 1.77. The third-order valence-electron chi connectivity index (χ3n) is 2.57. The fraction of sp³-hybridized carbons (Fsp3) is 0.462. The van der Waals surface area contributed by atoms with E-state index in [2.05, 4.69) is 10.6 Å². The van der Waals surface area contributed by atoms with E-state index in [0.29, 0.717) is 25.3 Å². The Morgan fingerprint density at radius 1 is 1.53 bits per heavy atom. The molecule has 1 aromatic rings. The number of ether oxygens (including phenoxy) is 1. The molecule has 0 heterocycles. The number of carboxylic acid groups (broad SMARTS) is 1. The minimum Gasteiger partial charge on any atom is -0.493 e. The van der Waals surface area contributed by atoms with Crippen molar-refractivity contribution in [3.05, 3.63) is 29.6 Å². The van der Waals surface area contributed by atoms with Gasteiger partial charge < -0.3 is 20.5 Å². The molecule has 0 spiro atoms. The Morgan fingerprint density at radius 3 is 2.89 bits per heavy atom. The lowest BCUT2D eigenvalue weighted by Crippen LogP contribution is -2.32. The summed E-state index contributed by atoms with van der Waals surface area (Å²) in [5, 5.41) is 13.8. The number of halogens is 1. The predicted octanol–water partition coefficient (Wildman–Crippen LogP) is 1.97. The number of carbonyl (C=O) groups is 1. The fourth-order valence-electron chi connectivity index (χ4n) is 1.65. The van der Waals surface area contributed by atoms with E-state index in [4.69, 9.17) is 9.84 Å². The van der Waals surface area contributed by atoms with E-state index in [9.17, 15) is 9.18 Å². The summed E-state index contributed by atoms with van der Waals surface area (Å²) in [6.07, 6.45) is -0.506. The van der Waals surface area contributed by atoms with Gasteiger partial charge in [-0.05, 0) is 32.2 Å². The standard InChI is InChI=1S/C13H19FN2O3/c1-9(16-13(17)18)5-6-19-12-4-3-11(14)7-10(12)8-15-2/h3-4,7,9,15-16H,5-6,8H2,1-2H3,(H,17,18). The minimum absolute atomic E-state index is 0.189. The molecule has 106 valence electrons. The van der Waals surface area contributed by atoms with E-state index < -0.39 is 6.09 Å². The predicted molar refractivity (Wildman–Crippen MR) is 69.9 cm³/mol. The van der Waals surface area contributed by atoms with Crippen LogP contribution in [-0.2, 0) is 6.54 Å². The van der Waals surface area contributed by atoms with Crippen molar-refractivity contribution in [3.63, 3.8) is 0 Å². The SMILES string of the molecule is CNCc1cc(F)ccc1OCCC(C)NC(=O)O. The van der Waals surface area contributed by atoms with Gasteiger partial charge in [0.15, 0.2) is 0 Å². The van der Waals surface area contributed by atoms with Gasteiger partial charge in [-0.3, -0.25) is 0 Å². The molecule has 1 atom stereocenters. The Kier molecular flexibility index (Phi) is 6.08. The fourth-order valence-corrected chi connectivity index (χ4v) is 1.65. The summed E-state index contributed by atoms with van der Waals surface area (Å²) in [4.78, 5) is 10.4. The van der Waals surface area contributed by atoms with Crippen LogP contribution in [0.25, 0.3) is 0 Å². The van der Waals surface area contributed by atoms with Crippen LogP contribution in [0, 0.1) is 5.82 Å². The zero-order valence-corrected chi connectivity index (χ0v) is 11.1. The van der Waals surface area contributed by atoms with E-state index in [0.717, 1.165) is 5.56 Å². The molecule has 3 N–H and O–H groups in total. The number of amides is 1. The van der Waals surface area contributed by atoms with Crippen LogP contribution in [-0.4, -0.2) is 30.9 Å². The highest BCUT2D eigenvalue weighted by atomic mass is 19.1. The lowest BCUT2D eigenvalue weighted by Gasteiger charge is -2.14. The second kappa shape index (κ2) is 7.58. The van der Waals surface area contributed by atoms with E-state index in [1.165, 1.54) is 12.1 Å². The van der Waals surface area contributed by atoms with E-state index in [-0.39, 0.29) is 11.9 Å². The lowest BCUT2D eigenvalue weighted by atomic mass is 10.2. The number of hydrogen-bond acceptors (Lipinski definition) is 3. The summed E-state index contributed by atoms with van der Waals surface area (Å²) < 4.78 is 18.7. The van der Waals surface area contributed by atoms with Crippen molar-refractivity contribution < 1.29 is 19.0 Å². The molecule has 19 heavy (non-hydrogen) atoms. The molecule has 0 aliphatic heterocycles. The number of hydrogen-bond donors (Lipinski definition) is 3. The van der Waals surface area contributed by atoms with Gasteiger partial charge in [0.2, 0.25) is 0 Å². The smallest absolute Gasteiger partial charge is 0.404 e. The van der Waals surface area contributed by atoms with Crippen molar-refractivity contribution in [2.45, 2.75) is 25.9 Å². The van der Waals surface area contributed by atoms with Crippen LogP contribution >= 0.6 is 0 Å². The quantitative estimate of drug-likeness (QED) is 0.708.